The number of H-pyrrole nitrogens is 1. The van der Waals surface area contributed by atoms with Crippen LogP contribution in [0.5, 0.6) is 5.75 Å². The quantitative estimate of drug-likeness (QED) is 0.188. The first kappa shape index (κ1) is 26.9. The van der Waals surface area contributed by atoms with Gasteiger partial charge in [0.05, 0.1) is 36.5 Å². The summed E-state index contributed by atoms with van der Waals surface area (Å²) in [4.78, 5) is 33.6. The van der Waals surface area contributed by atoms with Crippen LogP contribution in [0.2, 0.25) is 0 Å². The molecule has 2 aromatic heterocycles. The van der Waals surface area contributed by atoms with E-state index in [2.05, 4.69) is 31.0 Å². The van der Waals surface area contributed by atoms with Gasteiger partial charge in [0.25, 0.3) is 11.5 Å². The Morgan fingerprint density at radius 2 is 1.83 bits per heavy atom. The molecule has 3 aromatic carbocycles. The zero-order chi connectivity index (χ0) is 28.5. The van der Waals surface area contributed by atoms with E-state index >= 15 is 0 Å². The summed E-state index contributed by atoms with van der Waals surface area (Å²) in [6.07, 6.45) is 1.95. The van der Waals surface area contributed by atoms with Gasteiger partial charge in [-0.1, -0.05) is 52.0 Å². The van der Waals surface area contributed by atoms with Crippen LogP contribution in [0.4, 0.5) is 4.39 Å². The zero-order valence-electron chi connectivity index (χ0n) is 21.6. The van der Waals surface area contributed by atoms with Gasteiger partial charge in [0, 0.05) is 10.9 Å². The smallest absolute Gasteiger partial charge is 0.262 e. The number of hydrogen-bond donors (Lipinski definition) is 1. The third-order valence-electron chi connectivity index (χ3n) is 6.66. The van der Waals surface area contributed by atoms with E-state index in [1.54, 1.807) is 19.2 Å². The van der Waals surface area contributed by atoms with E-state index in [-0.39, 0.29) is 39.6 Å². The van der Waals surface area contributed by atoms with Gasteiger partial charge in [-0.3, -0.25) is 9.59 Å². The molecule has 0 unspecified atom stereocenters. The number of nitrogens with one attached hydrogen (secondary N) is 1. The summed E-state index contributed by atoms with van der Waals surface area (Å²) >= 11 is 4.56. The minimum absolute atomic E-state index is 0.0110. The van der Waals surface area contributed by atoms with E-state index < -0.39 is 0 Å². The second-order valence-electron chi connectivity index (χ2n) is 9.21. The number of carbonyl (C=O) groups is 1. The third kappa shape index (κ3) is 5.52. The number of fused-ring (bicyclic) bond motifs is 1. The number of amides is 1. The molecule has 0 radical (unpaired) electrons. The van der Waals surface area contributed by atoms with Crippen LogP contribution in [0, 0.1) is 5.82 Å². The van der Waals surface area contributed by atoms with Gasteiger partial charge < -0.3 is 9.72 Å². The number of halogens is 2. The number of nitrogens with zero attached hydrogens (tertiary/aromatic N) is 5. The van der Waals surface area contributed by atoms with Crippen molar-refractivity contribution in [2.24, 2.45) is 5.10 Å². The molecule has 0 saturated heterocycles. The Kier molecular flexibility index (Phi) is 7.41. The summed E-state index contributed by atoms with van der Waals surface area (Å²) in [7, 11) is 1.61. The molecule has 1 N–H and O–H groups in total. The molecular weight excluding hydrogens is 611 g/mol. The number of methoxy groups -OCH3 is 1. The Morgan fingerprint density at radius 3 is 2.54 bits per heavy atom. The highest BCUT2D eigenvalue weighted by Crippen LogP contribution is 2.34. The Balaban J connectivity index is 1.27. The van der Waals surface area contributed by atoms with Crippen LogP contribution < -0.4 is 10.3 Å². The summed E-state index contributed by atoms with van der Waals surface area (Å²) in [6.45, 7) is 0. The van der Waals surface area contributed by atoms with Crippen molar-refractivity contribution in [2.45, 2.75) is 17.6 Å². The molecule has 0 saturated carbocycles. The van der Waals surface area contributed by atoms with Gasteiger partial charge in [0.15, 0.2) is 10.8 Å². The van der Waals surface area contributed by atoms with E-state index in [0.29, 0.717) is 17.8 Å². The Morgan fingerprint density at radius 1 is 1.10 bits per heavy atom. The predicted molar refractivity (Wildman–Crippen MR) is 158 cm³/mol. The van der Waals surface area contributed by atoms with Gasteiger partial charge in [0.1, 0.15) is 17.0 Å². The lowest BCUT2D eigenvalue weighted by molar-refractivity contribution is -0.130. The van der Waals surface area contributed by atoms with Gasteiger partial charge >= 0.3 is 0 Å². The number of aromatic nitrogens is 4. The molecule has 1 amide bonds. The number of carbonyl (C=O) groups excluding carboxylic acids is 1. The molecule has 0 aliphatic carbocycles. The lowest BCUT2D eigenvalue weighted by atomic mass is 9.98. The summed E-state index contributed by atoms with van der Waals surface area (Å²) in [5.74, 6) is 0.0898. The Labute approximate surface area is 246 Å². The van der Waals surface area contributed by atoms with Crippen LogP contribution in [0.15, 0.2) is 98.5 Å². The molecule has 3 heterocycles. The Hall–Kier alpha value is -4.29. The monoisotopic (exact) mass is 632 g/mol. The maximum atomic E-state index is 13.6. The maximum absolute atomic E-state index is 13.6. The number of ether oxygens (including phenoxy) is 1. The van der Waals surface area contributed by atoms with Crippen molar-refractivity contribution in [3.8, 4) is 11.4 Å². The highest BCUT2D eigenvalue weighted by molar-refractivity contribution is 9.10. The highest BCUT2D eigenvalue weighted by atomic mass is 79.9. The predicted octanol–water partition coefficient (Wildman–Crippen LogP) is 5.49. The third-order valence-corrected chi connectivity index (χ3v) is 8.05. The average molecular weight is 634 g/mol. The molecule has 9 nitrogen and oxygen atoms in total. The first-order valence-electron chi connectivity index (χ1n) is 12.6. The number of hydrogen-bond acceptors (Lipinski definition) is 7. The van der Waals surface area contributed by atoms with Crippen molar-refractivity contribution in [1.29, 1.82) is 0 Å². The number of rotatable bonds is 7. The van der Waals surface area contributed by atoms with Crippen LogP contribution in [0.25, 0.3) is 16.7 Å². The first-order valence-corrected chi connectivity index (χ1v) is 14.3. The fourth-order valence-corrected chi connectivity index (χ4v) is 5.55. The van der Waals surface area contributed by atoms with Crippen molar-refractivity contribution < 1.29 is 13.9 Å². The summed E-state index contributed by atoms with van der Waals surface area (Å²) in [5, 5.41) is 11.0. The zero-order valence-corrected chi connectivity index (χ0v) is 24.0. The fraction of sp³-hybridized carbons (Fsp3) is 0.138. The average Bonchev–Trinajstić information content (AvgIpc) is 3.63. The SMILES string of the molecule is COc1ccc([C@H]2CC(c3ccc(Br)cc3)=NN2C(=O)CSc2nc3c(cnn3-c3ccc(F)cc3)c(=O)[nH]2)cc1. The minimum atomic E-state index is -0.383. The van der Waals surface area contributed by atoms with E-state index in [0.717, 1.165) is 38.8 Å². The van der Waals surface area contributed by atoms with E-state index in [1.165, 1.54) is 28.0 Å². The molecule has 6 rings (SSSR count). The molecule has 0 fully saturated rings. The molecule has 0 bridgehead atoms. The van der Waals surface area contributed by atoms with Crippen LogP contribution in [-0.4, -0.2) is 49.2 Å². The number of aromatic amines is 1. The molecule has 5 aromatic rings. The molecule has 206 valence electrons. The second-order valence-corrected chi connectivity index (χ2v) is 11.1. The van der Waals surface area contributed by atoms with Gasteiger partial charge in [0.2, 0.25) is 0 Å². The number of hydrazone groups is 1. The van der Waals surface area contributed by atoms with Gasteiger partial charge in [-0.25, -0.2) is 19.1 Å². The van der Waals surface area contributed by atoms with Crippen LogP contribution in [0.1, 0.15) is 23.6 Å². The summed E-state index contributed by atoms with van der Waals surface area (Å²) in [5.41, 5.74) is 3.14. The van der Waals surface area contributed by atoms with E-state index in [9.17, 15) is 14.0 Å². The van der Waals surface area contributed by atoms with Crippen molar-refractivity contribution in [1.82, 2.24) is 24.8 Å². The minimum Gasteiger partial charge on any atom is -0.497 e. The highest BCUT2D eigenvalue weighted by Gasteiger charge is 2.33. The van der Waals surface area contributed by atoms with Crippen LogP contribution in [-0.2, 0) is 4.79 Å². The molecule has 41 heavy (non-hydrogen) atoms. The standard InChI is InChI=1S/C29H22BrFN6O3S/c1-40-22-12-4-18(5-13-22)25-14-24(17-2-6-19(30)7-3-17)35-37(25)26(38)16-41-29-33-27-23(28(39)34-29)15-32-36(27)21-10-8-20(31)9-11-21/h2-13,15,25H,14,16H2,1H3,(H,33,34,39)/t25-/m1/s1. The number of thioether (sulfide) groups is 1. The van der Waals surface area contributed by atoms with Crippen LogP contribution in [0.3, 0.4) is 0 Å². The van der Waals surface area contributed by atoms with Crippen molar-refractivity contribution in [3.63, 3.8) is 0 Å². The fourth-order valence-electron chi connectivity index (χ4n) is 4.58. The van der Waals surface area contributed by atoms with Gasteiger partial charge in [-0.2, -0.15) is 10.2 Å². The van der Waals surface area contributed by atoms with Crippen molar-refractivity contribution >= 4 is 50.3 Å². The second kappa shape index (κ2) is 11.3. The largest absolute Gasteiger partial charge is 0.497 e. The first-order chi connectivity index (χ1) is 19.9. The molecular formula is C29H22BrFN6O3S. The van der Waals surface area contributed by atoms with Crippen molar-refractivity contribution in [2.75, 3.05) is 12.9 Å². The van der Waals surface area contributed by atoms with Gasteiger partial charge in [-0.05, 0) is 59.7 Å². The topological polar surface area (TPSA) is 105 Å². The Bertz CT molecular complexity index is 1820. The molecule has 12 heteroatoms. The van der Waals surface area contributed by atoms with Crippen molar-refractivity contribution in [3.05, 3.63) is 111 Å². The van der Waals surface area contributed by atoms with Gasteiger partial charge in [-0.15, -0.1) is 0 Å². The lowest BCUT2D eigenvalue weighted by Crippen LogP contribution is -2.28. The van der Waals surface area contributed by atoms with E-state index in [1.807, 2.05) is 48.5 Å². The summed E-state index contributed by atoms with van der Waals surface area (Å²) < 4.78 is 21.1. The number of benzene rings is 3. The summed E-state index contributed by atoms with van der Waals surface area (Å²) in [6, 6.07) is 20.8. The normalized spacial score (nSPS) is 14.9. The molecule has 0 spiro atoms. The van der Waals surface area contributed by atoms with Crippen LogP contribution >= 0.6 is 27.7 Å². The molecule has 1 atom stereocenters. The molecule has 1 aliphatic rings. The molecule has 1 aliphatic heterocycles. The van der Waals surface area contributed by atoms with E-state index in [4.69, 9.17) is 9.84 Å². The maximum Gasteiger partial charge on any atom is 0.262 e. The lowest BCUT2D eigenvalue weighted by Gasteiger charge is -2.22.